The third kappa shape index (κ3) is 5.80. The summed E-state index contributed by atoms with van der Waals surface area (Å²) in [7, 11) is -3.75. The first-order valence-corrected chi connectivity index (χ1v) is 11.8. The lowest BCUT2D eigenvalue weighted by molar-refractivity contribution is -0.139. The van der Waals surface area contributed by atoms with Crippen molar-refractivity contribution in [3.8, 4) is 0 Å². The van der Waals surface area contributed by atoms with Gasteiger partial charge in [-0.1, -0.05) is 30.3 Å². The number of imide groups is 1. The minimum absolute atomic E-state index is 0.0403. The number of sulfonamides is 1. The topological polar surface area (TPSA) is 113 Å². The van der Waals surface area contributed by atoms with Crippen molar-refractivity contribution < 1.29 is 22.8 Å². The van der Waals surface area contributed by atoms with Crippen molar-refractivity contribution in [1.82, 2.24) is 14.9 Å². The van der Waals surface area contributed by atoms with E-state index in [1.807, 2.05) is 0 Å². The minimum atomic E-state index is -3.75. The highest BCUT2D eigenvalue weighted by atomic mass is 32.2. The van der Waals surface area contributed by atoms with E-state index in [4.69, 9.17) is 0 Å². The van der Waals surface area contributed by atoms with Crippen molar-refractivity contribution in [2.24, 2.45) is 0 Å². The maximum absolute atomic E-state index is 12.7. The molecule has 1 aliphatic rings. The predicted molar refractivity (Wildman–Crippen MR) is 119 cm³/mol. The molecule has 8 nitrogen and oxygen atoms in total. The molecular weight excluding hydrogens is 430 g/mol. The number of hydrogen-bond acceptors (Lipinski definition) is 5. The van der Waals surface area contributed by atoms with Crippen LogP contribution in [0.1, 0.15) is 55.1 Å². The van der Waals surface area contributed by atoms with Crippen molar-refractivity contribution in [1.29, 1.82) is 0 Å². The maximum atomic E-state index is 12.7. The molecule has 0 unspecified atom stereocenters. The fraction of sp³-hybridized carbons (Fsp3) is 0.348. The lowest BCUT2D eigenvalue weighted by Gasteiger charge is -2.21. The quantitative estimate of drug-likeness (QED) is 0.620. The molecular formula is C23H27N3O5S. The molecule has 32 heavy (non-hydrogen) atoms. The average Bonchev–Trinajstić information content (AvgIpc) is 3.03. The van der Waals surface area contributed by atoms with Crippen molar-refractivity contribution in [2.75, 3.05) is 0 Å². The molecule has 2 N–H and O–H groups in total. The molecule has 0 aromatic heterocycles. The number of likely N-dealkylation sites (tertiary alicyclic amines) is 1. The fourth-order valence-corrected chi connectivity index (χ4v) is 5.05. The first kappa shape index (κ1) is 23.6. The summed E-state index contributed by atoms with van der Waals surface area (Å²) in [5, 5.41) is 2.75. The molecule has 170 valence electrons. The summed E-state index contributed by atoms with van der Waals surface area (Å²) in [6, 6.07) is 13.1. The molecule has 3 rings (SSSR count). The molecule has 1 fully saturated rings. The lowest BCUT2D eigenvalue weighted by atomic mass is 10.1. The van der Waals surface area contributed by atoms with E-state index in [2.05, 4.69) is 10.0 Å². The molecule has 0 saturated carbocycles. The van der Waals surface area contributed by atoms with Crippen molar-refractivity contribution in [3.05, 3.63) is 65.2 Å². The predicted octanol–water partition coefficient (Wildman–Crippen LogP) is 2.34. The first-order valence-electron chi connectivity index (χ1n) is 10.3. The van der Waals surface area contributed by atoms with Crippen LogP contribution < -0.4 is 10.0 Å². The standard InChI is InChI=1S/C23H27N3O5S/c1-23(2,3)25-32(30,31)19-7-5-4-6-18(19)14-24-22(29)17-10-8-16(9-11-17)15-26-20(27)12-13-21(26)28/h4-11,25H,12-15H2,1-3H3,(H,24,29). The van der Waals surface area contributed by atoms with E-state index in [1.165, 1.54) is 11.0 Å². The lowest BCUT2D eigenvalue weighted by Crippen LogP contribution is -2.41. The summed E-state index contributed by atoms with van der Waals surface area (Å²) in [6.45, 7) is 5.50. The highest BCUT2D eigenvalue weighted by molar-refractivity contribution is 7.89. The zero-order valence-electron chi connectivity index (χ0n) is 18.3. The second-order valence-corrected chi connectivity index (χ2v) is 10.4. The molecule has 2 aromatic carbocycles. The largest absolute Gasteiger partial charge is 0.348 e. The molecule has 0 spiro atoms. The van der Waals surface area contributed by atoms with Crippen LogP contribution in [-0.4, -0.2) is 36.6 Å². The molecule has 0 aliphatic carbocycles. The Bertz CT molecular complexity index is 1120. The fourth-order valence-electron chi connectivity index (χ4n) is 3.39. The molecule has 0 bridgehead atoms. The monoisotopic (exact) mass is 457 g/mol. The zero-order valence-corrected chi connectivity index (χ0v) is 19.2. The number of amides is 3. The molecule has 9 heteroatoms. The van der Waals surface area contributed by atoms with Crippen molar-refractivity contribution >= 4 is 27.7 Å². The molecule has 0 atom stereocenters. The van der Waals surface area contributed by atoms with Crippen LogP contribution in [0.5, 0.6) is 0 Å². The highest BCUT2D eigenvalue weighted by Crippen LogP contribution is 2.19. The minimum Gasteiger partial charge on any atom is -0.348 e. The summed E-state index contributed by atoms with van der Waals surface area (Å²) in [5.41, 5.74) is 0.970. The number of benzene rings is 2. The number of rotatable bonds is 7. The Hall–Kier alpha value is -3.04. The third-order valence-electron chi connectivity index (χ3n) is 4.85. The Morgan fingerprint density at radius 3 is 2.16 bits per heavy atom. The van der Waals surface area contributed by atoms with Crippen LogP contribution in [0.15, 0.2) is 53.4 Å². The average molecular weight is 458 g/mol. The van der Waals surface area contributed by atoms with Gasteiger partial charge in [0.1, 0.15) is 0 Å². The van der Waals surface area contributed by atoms with Gasteiger partial charge in [-0.25, -0.2) is 13.1 Å². The Kier molecular flexibility index (Phi) is 6.80. The number of carbonyl (C=O) groups excluding carboxylic acids is 3. The number of nitrogens with one attached hydrogen (secondary N) is 2. The molecule has 2 aromatic rings. The second-order valence-electron chi connectivity index (χ2n) is 8.72. The van der Waals surface area contributed by atoms with E-state index in [1.54, 1.807) is 63.2 Å². The Balaban J connectivity index is 1.66. The van der Waals surface area contributed by atoms with E-state index < -0.39 is 15.6 Å². The molecule has 1 aliphatic heterocycles. The van der Waals surface area contributed by atoms with E-state index >= 15 is 0 Å². The number of hydrogen-bond donors (Lipinski definition) is 2. The van der Waals surface area contributed by atoms with Crippen LogP contribution in [0.3, 0.4) is 0 Å². The summed E-state index contributed by atoms with van der Waals surface area (Å²) in [5.74, 6) is -0.737. The van der Waals surface area contributed by atoms with E-state index in [-0.39, 0.29) is 48.5 Å². The second kappa shape index (κ2) is 9.22. The molecule has 1 saturated heterocycles. The van der Waals surface area contributed by atoms with Crippen LogP contribution >= 0.6 is 0 Å². The summed E-state index contributed by atoms with van der Waals surface area (Å²) < 4.78 is 28.1. The molecule has 0 radical (unpaired) electrons. The third-order valence-corrected chi connectivity index (χ3v) is 6.71. The van der Waals surface area contributed by atoms with Gasteiger partial charge in [0.25, 0.3) is 5.91 Å². The molecule has 3 amide bonds. The van der Waals surface area contributed by atoms with Gasteiger partial charge in [-0.15, -0.1) is 0 Å². The van der Waals surface area contributed by atoms with Crippen LogP contribution in [0.25, 0.3) is 0 Å². The van der Waals surface area contributed by atoms with E-state index in [0.29, 0.717) is 11.1 Å². The van der Waals surface area contributed by atoms with Gasteiger partial charge in [0.05, 0.1) is 11.4 Å². The van der Waals surface area contributed by atoms with Gasteiger partial charge in [0.15, 0.2) is 0 Å². The summed E-state index contributed by atoms with van der Waals surface area (Å²) in [4.78, 5) is 37.4. The molecule has 1 heterocycles. The highest BCUT2D eigenvalue weighted by Gasteiger charge is 2.28. The zero-order chi connectivity index (χ0) is 23.5. The van der Waals surface area contributed by atoms with Gasteiger partial charge in [0.2, 0.25) is 21.8 Å². The van der Waals surface area contributed by atoms with E-state index in [9.17, 15) is 22.8 Å². The van der Waals surface area contributed by atoms with Crippen LogP contribution in [-0.2, 0) is 32.7 Å². The van der Waals surface area contributed by atoms with Crippen molar-refractivity contribution in [2.45, 2.75) is 57.1 Å². The van der Waals surface area contributed by atoms with E-state index in [0.717, 1.165) is 5.56 Å². The van der Waals surface area contributed by atoms with Crippen LogP contribution in [0, 0.1) is 0 Å². The number of carbonyl (C=O) groups is 3. The Labute approximate surface area is 188 Å². The van der Waals surface area contributed by atoms with Crippen LogP contribution in [0.2, 0.25) is 0 Å². The maximum Gasteiger partial charge on any atom is 0.251 e. The van der Waals surface area contributed by atoms with Gasteiger partial charge in [-0.05, 0) is 50.1 Å². The number of nitrogens with zero attached hydrogens (tertiary/aromatic N) is 1. The van der Waals surface area contributed by atoms with Crippen molar-refractivity contribution in [3.63, 3.8) is 0 Å². The smallest absolute Gasteiger partial charge is 0.251 e. The Morgan fingerprint density at radius 2 is 1.56 bits per heavy atom. The van der Waals surface area contributed by atoms with Gasteiger partial charge >= 0.3 is 0 Å². The van der Waals surface area contributed by atoms with Gasteiger partial charge in [-0.2, -0.15) is 0 Å². The van der Waals surface area contributed by atoms with Gasteiger partial charge in [0, 0.05) is 30.5 Å². The van der Waals surface area contributed by atoms with Crippen LogP contribution in [0.4, 0.5) is 0 Å². The first-order chi connectivity index (χ1) is 15.0. The van der Waals surface area contributed by atoms with Gasteiger partial charge in [-0.3, -0.25) is 19.3 Å². The summed E-state index contributed by atoms with van der Waals surface area (Å²) in [6.07, 6.45) is 0.476. The Morgan fingerprint density at radius 1 is 0.969 bits per heavy atom. The normalized spacial score (nSPS) is 14.7. The van der Waals surface area contributed by atoms with Gasteiger partial charge < -0.3 is 5.32 Å². The summed E-state index contributed by atoms with van der Waals surface area (Å²) >= 11 is 0. The SMILES string of the molecule is CC(C)(C)NS(=O)(=O)c1ccccc1CNC(=O)c1ccc(CN2C(=O)CCC2=O)cc1.